The molecule has 0 rings (SSSR count). The van der Waals surface area contributed by atoms with Gasteiger partial charge in [0.25, 0.3) is 0 Å². The zero-order chi connectivity index (χ0) is 7.33. The van der Waals surface area contributed by atoms with E-state index in [1.807, 2.05) is 13.0 Å². The number of hydrogen-bond acceptors (Lipinski definition) is 2. The maximum atomic E-state index is 8.36. The minimum absolute atomic E-state index is 0.293. The minimum Gasteiger partial charge on any atom is -0.379 e. The third kappa shape index (κ3) is 4.26. The maximum Gasteiger partial charge on any atom is 0.151 e. The van der Waals surface area contributed by atoms with Gasteiger partial charge in [0, 0.05) is 6.61 Å². The molecule has 52 valence electrons. The van der Waals surface area contributed by atoms with Crippen molar-refractivity contribution in [2.75, 3.05) is 13.2 Å². The van der Waals surface area contributed by atoms with Gasteiger partial charge in [-0.25, -0.2) is 0 Å². The van der Waals surface area contributed by atoms with Crippen molar-refractivity contribution in [3.05, 3.63) is 0 Å². The Balaban J connectivity index is 3.49. The van der Waals surface area contributed by atoms with Gasteiger partial charge in [-0.15, -0.1) is 11.6 Å². The van der Waals surface area contributed by atoms with Crippen LogP contribution in [0.5, 0.6) is 0 Å². The predicted molar refractivity (Wildman–Crippen MR) is 36.4 cm³/mol. The molecule has 0 aromatic rings. The second kappa shape index (κ2) is 3.71. The van der Waals surface area contributed by atoms with E-state index in [-0.39, 0.29) is 0 Å². The number of alkyl halides is 1. The average molecular weight is 148 g/mol. The van der Waals surface area contributed by atoms with E-state index < -0.39 is 4.87 Å². The van der Waals surface area contributed by atoms with Crippen molar-refractivity contribution in [3.63, 3.8) is 0 Å². The molecule has 0 bridgehead atoms. The summed E-state index contributed by atoms with van der Waals surface area (Å²) in [6.45, 7) is 4.39. The van der Waals surface area contributed by atoms with Gasteiger partial charge in [0.05, 0.1) is 12.7 Å². The van der Waals surface area contributed by atoms with Crippen LogP contribution in [0.25, 0.3) is 0 Å². The van der Waals surface area contributed by atoms with E-state index >= 15 is 0 Å². The molecular weight excluding hydrogens is 138 g/mol. The molecule has 0 aliphatic rings. The van der Waals surface area contributed by atoms with Gasteiger partial charge in [0.15, 0.2) is 4.87 Å². The van der Waals surface area contributed by atoms with Gasteiger partial charge in [-0.1, -0.05) is 0 Å². The van der Waals surface area contributed by atoms with Crippen molar-refractivity contribution >= 4 is 11.6 Å². The average Bonchev–Trinajstić information content (AvgIpc) is 1.84. The van der Waals surface area contributed by atoms with E-state index in [9.17, 15) is 0 Å². The highest BCUT2D eigenvalue weighted by Crippen LogP contribution is 2.11. The monoisotopic (exact) mass is 147 g/mol. The van der Waals surface area contributed by atoms with Crippen molar-refractivity contribution in [3.8, 4) is 6.07 Å². The lowest BCUT2D eigenvalue weighted by molar-refractivity contribution is 0.138. The van der Waals surface area contributed by atoms with Crippen molar-refractivity contribution < 1.29 is 4.74 Å². The predicted octanol–water partition coefficient (Wildman–Crippen LogP) is 1.54. The van der Waals surface area contributed by atoms with Gasteiger partial charge >= 0.3 is 0 Å². The van der Waals surface area contributed by atoms with Gasteiger partial charge in [-0.2, -0.15) is 5.26 Å². The first kappa shape index (κ1) is 8.74. The van der Waals surface area contributed by atoms with Gasteiger partial charge < -0.3 is 4.74 Å². The molecule has 0 aromatic carbocycles. The van der Waals surface area contributed by atoms with Crippen LogP contribution in [0.4, 0.5) is 0 Å². The largest absolute Gasteiger partial charge is 0.379 e. The van der Waals surface area contributed by atoms with E-state index in [1.165, 1.54) is 0 Å². The van der Waals surface area contributed by atoms with Gasteiger partial charge in [-0.05, 0) is 13.8 Å². The minimum atomic E-state index is -0.851. The zero-order valence-electron chi connectivity index (χ0n) is 5.65. The molecule has 0 saturated heterocycles. The highest BCUT2D eigenvalue weighted by Gasteiger charge is 2.18. The topological polar surface area (TPSA) is 33.0 Å². The molecule has 0 aromatic heterocycles. The molecule has 0 aliphatic heterocycles. The Morgan fingerprint density at radius 2 is 2.33 bits per heavy atom. The molecule has 0 spiro atoms. The zero-order valence-corrected chi connectivity index (χ0v) is 6.40. The number of nitriles is 1. The molecule has 0 N–H and O–H groups in total. The fraction of sp³-hybridized carbons (Fsp3) is 0.833. The van der Waals surface area contributed by atoms with Crippen molar-refractivity contribution in [1.29, 1.82) is 5.26 Å². The molecule has 9 heavy (non-hydrogen) atoms. The van der Waals surface area contributed by atoms with Crippen LogP contribution in [-0.2, 0) is 4.74 Å². The maximum absolute atomic E-state index is 8.36. The molecule has 0 fully saturated rings. The molecule has 0 radical (unpaired) electrons. The Labute approximate surface area is 60.4 Å². The summed E-state index contributed by atoms with van der Waals surface area (Å²) >= 11 is 5.61. The fourth-order valence-electron chi connectivity index (χ4n) is 0.326. The van der Waals surface area contributed by atoms with Crippen LogP contribution < -0.4 is 0 Å². The van der Waals surface area contributed by atoms with Crippen molar-refractivity contribution in [2.24, 2.45) is 0 Å². The molecular formula is C6H10ClNO. The normalized spacial score (nSPS) is 16.2. The fourth-order valence-corrected chi connectivity index (χ4v) is 0.403. The van der Waals surface area contributed by atoms with E-state index in [0.29, 0.717) is 13.2 Å². The number of halogens is 1. The van der Waals surface area contributed by atoms with Gasteiger partial charge in [-0.3, -0.25) is 0 Å². The molecule has 1 atom stereocenters. The summed E-state index contributed by atoms with van der Waals surface area (Å²) < 4.78 is 4.93. The van der Waals surface area contributed by atoms with Gasteiger partial charge in [0.1, 0.15) is 0 Å². The first-order valence-electron chi connectivity index (χ1n) is 2.80. The number of rotatable bonds is 3. The molecule has 0 saturated carbocycles. The highest BCUT2D eigenvalue weighted by molar-refractivity contribution is 6.25. The lowest BCUT2D eigenvalue weighted by Crippen LogP contribution is -2.21. The van der Waals surface area contributed by atoms with Gasteiger partial charge in [0.2, 0.25) is 0 Å². The second-order valence-corrected chi connectivity index (χ2v) is 2.78. The number of hydrogen-bond donors (Lipinski definition) is 0. The van der Waals surface area contributed by atoms with Crippen LogP contribution in [0, 0.1) is 11.3 Å². The summed E-state index contributed by atoms with van der Waals surface area (Å²) in [5.41, 5.74) is 0. The quantitative estimate of drug-likeness (QED) is 0.568. The second-order valence-electron chi connectivity index (χ2n) is 1.95. The Morgan fingerprint density at radius 1 is 1.78 bits per heavy atom. The highest BCUT2D eigenvalue weighted by atomic mass is 35.5. The Hall–Kier alpha value is -0.260. The van der Waals surface area contributed by atoms with Crippen LogP contribution in [0.3, 0.4) is 0 Å². The number of ether oxygens (including phenoxy) is 1. The Morgan fingerprint density at radius 3 is 2.67 bits per heavy atom. The van der Waals surface area contributed by atoms with Crippen LogP contribution >= 0.6 is 11.6 Å². The summed E-state index contributed by atoms with van der Waals surface area (Å²) in [5.74, 6) is 0. The summed E-state index contributed by atoms with van der Waals surface area (Å²) in [6.07, 6.45) is 0. The van der Waals surface area contributed by atoms with E-state index in [2.05, 4.69) is 0 Å². The number of nitrogens with zero attached hydrogens (tertiary/aromatic N) is 1. The summed E-state index contributed by atoms with van der Waals surface area (Å²) in [7, 11) is 0. The molecule has 1 unspecified atom stereocenters. The first-order valence-corrected chi connectivity index (χ1v) is 3.18. The summed E-state index contributed by atoms with van der Waals surface area (Å²) in [5, 5.41) is 8.36. The Bertz CT molecular complexity index is 117. The Kier molecular flexibility index (Phi) is 3.60. The van der Waals surface area contributed by atoms with Crippen LogP contribution in [-0.4, -0.2) is 18.1 Å². The molecule has 0 heterocycles. The van der Waals surface area contributed by atoms with Crippen LogP contribution in [0.15, 0.2) is 0 Å². The molecule has 2 nitrogen and oxygen atoms in total. The van der Waals surface area contributed by atoms with E-state index in [0.717, 1.165) is 0 Å². The smallest absolute Gasteiger partial charge is 0.151 e. The van der Waals surface area contributed by atoms with E-state index in [1.54, 1.807) is 6.92 Å². The van der Waals surface area contributed by atoms with Crippen molar-refractivity contribution in [2.45, 2.75) is 18.7 Å². The molecule has 3 heteroatoms. The first-order chi connectivity index (χ1) is 4.12. The molecule has 0 aliphatic carbocycles. The SMILES string of the molecule is CCOCC(C)(Cl)C#N. The van der Waals surface area contributed by atoms with Crippen molar-refractivity contribution in [1.82, 2.24) is 0 Å². The molecule has 0 amide bonds. The summed E-state index contributed by atoms with van der Waals surface area (Å²) in [4.78, 5) is -0.851. The van der Waals surface area contributed by atoms with Crippen LogP contribution in [0.2, 0.25) is 0 Å². The van der Waals surface area contributed by atoms with Crippen LogP contribution in [0.1, 0.15) is 13.8 Å². The summed E-state index contributed by atoms with van der Waals surface area (Å²) in [6, 6.07) is 1.92. The standard InChI is InChI=1S/C6H10ClNO/c1-3-9-5-6(2,7)4-8/h3,5H2,1-2H3. The lowest BCUT2D eigenvalue weighted by Gasteiger charge is -2.10. The van der Waals surface area contributed by atoms with E-state index in [4.69, 9.17) is 21.6 Å². The lowest BCUT2D eigenvalue weighted by atomic mass is 10.2. The third-order valence-electron chi connectivity index (χ3n) is 0.810. The third-order valence-corrected chi connectivity index (χ3v) is 1.00.